The summed E-state index contributed by atoms with van der Waals surface area (Å²) in [6, 6.07) is 11.7. The maximum absolute atomic E-state index is 12.3. The molecule has 0 saturated heterocycles. The van der Waals surface area contributed by atoms with Gasteiger partial charge in [0.25, 0.3) is 0 Å². The van der Waals surface area contributed by atoms with Gasteiger partial charge in [-0.15, -0.1) is 0 Å². The lowest BCUT2D eigenvalue weighted by Crippen LogP contribution is -2.20. The molecular formula is C15H15N3O. The highest BCUT2D eigenvalue weighted by Gasteiger charge is 2.11. The van der Waals surface area contributed by atoms with Crippen molar-refractivity contribution in [3.05, 3.63) is 58.8 Å². The zero-order valence-corrected chi connectivity index (χ0v) is 11.0. The summed E-state index contributed by atoms with van der Waals surface area (Å²) in [6.45, 7) is 2.06. The number of aryl methyl sites for hydroxylation is 2. The van der Waals surface area contributed by atoms with Crippen molar-refractivity contribution in [2.24, 2.45) is 7.05 Å². The van der Waals surface area contributed by atoms with Crippen molar-refractivity contribution < 1.29 is 0 Å². The Morgan fingerprint density at radius 3 is 2.47 bits per heavy atom. The minimum Gasteiger partial charge on any atom is -0.295 e. The number of hydrogen-bond acceptors (Lipinski definition) is 2. The van der Waals surface area contributed by atoms with Gasteiger partial charge in [0.15, 0.2) is 0 Å². The molecule has 0 aliphatic rings. The number of imidazole rings is 1. The topological polar surface area (TPSA) is 39.8 Å². The highest BCUT2D eigenvalue weighted by molar-refractivity contribution is 5.77. The molecule has 4 heteroatoms. The molecule has 4 nitrogen and oxygen atoms in total. The highest BCUT2D eigenvalue weighted by atomic mass is 16.1. The first kappa shape index (κ1) is 11.7. The SMILES string of the molecule is CCc1ccc(-n2c(=O)n(C)c3ccccc32)cn1. The molecule has 2 aromatic heterocycles. The zero-order valence-electron chi connectivity index (χ0n) is 11.0. The summed E-state index contributed by atoms with van der Waals surface area (Å²) in [6.07, 6.45) is 2.65. The standard InChI is InChI=1S/C15H15N3O/c1-3-11-8-9-12(10-16-11)18-14-7-5-4-6-13(14)17(2)15(18)19/h4-10H,3H2,1-2H3. The monoisotopic (exact) mass is 253 g/mol. The number of benzene rings is 1. The van der Waals surface area contributed by atoms with Crippen LogP contribution in [0.1, 0.15) is 12.6 Å². The molecule has 0 amide bonds. The third-order valence-corrected chi connectivity index (χ3v) is 3.39. The lowest BCUT2D eigenvalue weighted by Gasteiger charge is -2.03. The van der Waals surface area contributed by atoms with Gasteiger partial charge in [0.2, 0.25) is 0 Å². The van der Waals surface area contributed by atoms with Crippen LogP contribution in [-0.2, 0) is 13.5 Å². The summed E-state index contributed by atoms with van der Waals surface area (Å²) in [5.74, 6) is 0. The highest BCUT2D eigenvalue weighted by Crippen LogP contribution is 2.16. The summed E-state index contributed by atoms with van der Waals surface area (Å²) in [4.78, 5) is 16.7. The van der Waals surface area contributed by atoms with Crippen LogP contribution < -0.4 is 5.69 Å². The molecule has 0 atom stereocenters. The first-order valence-corrected chi connectivity index (χ1v) is 6.34. The molecule has 0 N–H and O–H groups in total. The normalized spacial score (nSPS) is 11.1. The van der Waals surface area contributed by atoms with E-state index in [0.717, 1.165) is 28.8 Å². The van der Waals surface area contributed by atoms with Crippen molar-refractivity contribution in [3.63, 3.8) is 0 Å². The fourth-order valence-electron chi connectivity index (χ4n) is 2.30. The Labute approximate surface area is 110 Å². The maximum atomic E-state index is 12.3. The molecule has 0 radical (unpaired) electrons. The molecule has 0 aliphatic heterocycles. The number of hydrogen-bond donors (Lipinski definition) is 0. The van der Waals surface area contributed by atoms with E-state index in [1.54, 1.807) is 22.4 Å². The predicted octanol–water partition coefficient (Wildman–Crippen LogP) is 2.29. The molecule has 96 valence electrons. The van der Waals surface area contributed by atoms with Crippen molar-refractivity contribution >= 4 is 11.0 Å². The van der Waals surface area contributed by atoms with Crippen LogP contribution in [0.25, 0.3) is 16.7 Å². The van der Waals surface area contributed by atoms with Crippen molar-refractivity contribution in [2.75, 3.05) is 0 Å². The third-order valence-electron chi connectivity index (χ3n) is 3.39. The van der Waals surface area contributed by atoms with Crippen LogP contribution in [0.2, 0.25) is 0 Å². The van der Waals surface area contributed by atoms with Crippen LogP contribution in [0.15, 0.2) is 47.4 Å². The molecule has 2 heterocycles. The van der Waals surface area contributed by atoms with Crippen LogP contribution >= 0.6 is 0 Å². The van der Waals surface area contributed by atoms with Crippen molar-refractivity contribution in [1.29, 1.82) is 0 Å². The van der Waals surface area contributed by atoms with E-state index in [4.69, 9.17) is 0 Å². The summed E-state index contributed by atoms with van der Waals surface area (Å²) in [7, 11) is 1.79. The van der Waals surface area contributed by atoms with Gasteiger partial charge in [0, 0.05) is 12.7 Å². The Bertz CT molecular complexity index is 781. The quantitative estimate of drug-likeness (QED) is 0.703. The minimum atomic E-state index is -0.0488. The molecule has 0 aliphatic carbocycles. The Morgan fingerprint density at radius 2 is 1.84 bits per heavy atom. The Kier molecular flexibility index (Phi) is 2.71. The Hall–Kier alpha value is -2.36. The molecule has 0 unspecified atom stereocenters. The number of fused-ring (bicyclic) bond motifs is 1. The van der Waals surface area contributed by atoms with Crippen molar-refractivity contribution in [3.8, 4) is 5.69 Å². The zero-order chi connectivity index (χ0) is 13.4. The van der Waals surface area contributed by atoms with Gasteiger partial charge in [-0.1, -0.05) is 19.1 Å². The number of aromatic nitrogens is 3. The summed E-state index contributed by atoms with van der Waals surface area (Å²) >= 11 is 0. The number of nitrogens with zero attached hydrogens (tertiary/aromatic N) is 3. The molecule has 19 heavy (non-hydrogen) atoms. The molecule has 1 aromatic carbocycles. The summed E-state index contributed by atoms with van der Waals surface area (Å²) in [5.41, 5.74) is 3.61. The van der Waals surface area contributed by atoms with E-state index in [1.807, 2.05) is 36.4 Å². The van der Waals surface area contributed by atoms with E-state index in [2.05, 4.69) is 11.9 Å². The van der Waals surface area contributed by atoms with Gasteiger partial charge in [-0.05, 0) is 30.7 Å². The van der Waals surface area contributed by atoms with Gasteiger partial charge < -0.3 is 0 Å². The van der Waals surface area contributed by atoms with Crippen LogP contribution in [0.5, 0.6) is 0 Å². The predicted molar refractivity (Wildman–Crippen MR) is 75.7 cm³/mol. The maximum Gasteiger partial charge on any atom is 0.333 e. The number of para-hydroxylation sites is 2. The molecule has 0 saturated carbocycles. The first-order valence-electron chi connectivity index (χ1n) is 6.34. The van der Waals surface area contributed by atoms with E-state index in [0.29, 0.717) is 0 Å². The van der Waals surface area contributed by atoms with Gasteiger partial charge in [0.05, 0.1) is 22.9 Å². The number of pyridine rings is 1. The average molecular weight is 253 g/mol. The van der Waals surface area contributed by atoms with Gasteiger partial charge in [-0.25, -0.2) is 4.79 Å². The fourth-order valence-corrected chi connectivity index (χ4v) is 2.30. The molecular weight excluding hydrogens is 238 g/mol. The van der Waals surface area contributed by atoms with E-state index in [9.17, 15) is 4.79 Å². The van der Waals surface area contributed by atoms with Gasteiger partial charge in [-0.2, -0.15) is 0 Å². The van der Waals surface area contributed by atoms with Gasteiger partial charge >= 0.3 is 5.69 Å². The number of rotatable bonds is 2. The van der Waals surface area contributed by atoms with Gasteiger partial charge in [-0.3, -0.25) is 14.1 Å². The van der Waals surface area contributed by atoms with E-state index >= 15 is 0 Å². The average Bonchev–Trinajstić information content (AvgIpc) is 2.72. The van der Waals surface area contributed by atoms with E-state index in [-0.39, 0.29) is 5.69 Å². The Morgan fingerprint density at radius 1 is 1.11 bits per heavy atom. The van der Waals surface area contributed by atoms with Crippen molar-refractivity contribution in [1.82, 2.24) is 14.1 Å². The van der Waals surface area contributed by atoms with E-state index < -0.39 is 0 Å². The van der Waals surface area contributed by atoms with Crippen LogP contribution in [-0.4, -0.2) is 14.1 Å². The van der Waals surface area contributed by atoms with Crippen LogP contribution in [0.4, 0.5) is 0 Å². The second-order valence-corrected chi connectivity index (χ2v) is 4.53. The molecule has 0 bridgehead atoms. The van der Waals surface area contributed by atoms with Crippen LogP contribution in [0.3, 0.4) is 0 Å². The van der Waals surface area contributed by atoms with Gasteiger partial charge in [0.1, 0.15) is 0 Å². The van der Waals surface area contributed by atoms with Crippen LogP contribution in [0, 0.1) is 0 Å². The third kappa shape index (κ3) is 1.76. The molecule has 3 rings (SSSR count). The second-order valence-electron chi connectivity index (χ2n) is 4.53. The molecule has 0 spiro atoms. The smallest absolute Gasteiger partial charge is 0.295 e. The van der Waals surface area contributed by atoms with E-state index in [1.165, 1.54) is 0 Å². The lowest BCUT2D eigenvalue weighted by molar-refractivity contribution is 0.842. The molecule has 0 fully saturated rings. The lowest BCUT2D eigenvalue weighted by atomic mass is 10.2. The summed E-state index contributed by atoms with van der Waals surface area (Å²) in [5, 5.41) is 0. The Balaban J connectivity index is 2.29. The fraction of sp³-hybridized carbons (Fsp3) is 0.200. The molecule has 3 aromatic rings. The minimum absolute atomic E-state index is 0.0488. The second kappa shape index (κ2) is 4.39. The summed E-state index contributed by atoms with van der Waals surface area (Å²) < 4.78 is 3.35. The first-order chi connectivity index (χ1) is 9.22. The largest absolute Gasteiger partial charge is 0.333 e. The van der Waals surface area contributed by atoms with Crippen molar-refractivity contribution in [2.45, 2.75) is 13.3 Å².